The number of hydrogen-bond donors (Lipinski definition) is 0. The molecule has 27 heavy (non-hydrogen) atoms. The normalized spacial score (nSPS) is 14.7. The summed E-state index contributed by atoms with van der Waals surface area (Å²) in [7, 11) is 0. The topological polar surface area (TPSA) is 58.4 Å². The maximum atomic E-state index is 12.2. The molecular weight excluding hydrogens is 411 g/mol. The molecule has 0 spiro atoms. The molecule has 0 bridgehead atoms. The molecule has 1 saturated heterocycles. The third kappa shape index (κ3) is 4.08. The maximum Gasteiger partial charge on any atom is 0.291 e. The van der Waals surface area contributed by atoms with E-state index in [2.05, 4.69) is 10.00 Å². The standard InChI is InChI=1S/C18H19Cl3N4O2/c1-11(2)17(26)24-7-5-23(6-8-24)15-4-3-12(9-13(15)19)25-18(27)16(21)14(20)10-22-25/h3-4,9-11H,5-8H2,1-2H3. The Balaban J connectivity index is 1.80. The van der Waals surface area contributed by atoms with Crippen LogP contribution in [0.4, 0.5) is 5.69 Å². The summed E-state index contributed by atoms with van der Waals surface area (Å²) in [6, 6.07) is 5.26. The van der Waals surface area contributed by atoms with Gasteiger partial charge in [-0.15, -0.1) is 0 Å². The van der Waals surface area contributed by atoms with E-state index in [0.29, 0.717) is 36.9 Å². The quantitative estimate of drug-likeness (QED) is 0.749. The van der Waals surface area contributed by atoms with Gasteiger partial charge in [0.2, 0.25) is 5.91 Å². The number of carbonyl (C=O) groups is 1. The number of rotatable bonds is 3. The lowest BCUT2D eigenvalue weighted by Crippen LogP contribution is -2.50. The lowest BCUT2D eigenvalue weighted by Gasteiger charge is -2.37. The van der Waals surface area contributed by atoms with Gasteiger partial charge in [-0.25, -0.2) is 0 Å². The number of piperazine rings is 1. The highest BCUT2D eigenvalue weighted by Gasteiger charge is 2.24. The van der Waals surface area contributed by atoms with Crippen molar-refractivity contribution in [3.05, 3.63) is 49.8 Å². The lowest BCUT2D eigenvalue weighted by atomic mass is 10.1. The summed E-state index contributed by atoms with van der Waals surface area (Å²) < 4.78 is 1.16. The molecule has 0 saturated carbocycles. The number of anilines is 1. The highest BCUT2D eigenvalue weighted by molar-refractivity contribution is 6.41. The second-order valence-corrected chi connectivity index (χ2v) is 7.82. The summed E-state index contributed by atoms with van der Waals surface area (Å²) in [6.45, 7) is 6.52. The van der Waals surface area contributed by atoms with Crippen molar-refractivity contribution < 1.29 is 4.79 Å². The third-order valence-corrected chi connectivity index (χ3v) is 5.53. The van der Waals surface area contributed by atoms with Gasteiger partial charge in [-0.2, -0.15) is 9.78 Å². The molecule has 0 radical (unpaired) electrons. The van der Waals surface area contributed by atoms with Crippen LogP contribution in [-0.2, 0) is 4.79 Å². The van der Waals surface area contributed by atoms with E-state index in [-0.39, 0.29) is 21.9 Å². The summed E-state index contributed by atoms with van der Waals surface area (Å²) in [5.41, 5.74) is 0.847. The zero-order chi connectivity index (χ0) is 19.7. The van der Waals surface area contributed by atoms with Gasteiger partial charge in [-0.05, 0) is 18.2 Å². The molecule has 0 N–H and O–H groups in total. The van der Waals surface area contributed by atoms with Crippen LogP contribution in [0.15, 0.2) is 29.2 Å². The number of amides is 1. The largest absolute Gasteiger partial charge is 0.367 e. The first kappa shape index (κ1) is 20.0. The van der Waals surface area contributed by atoms with E-state index in [1.54, 1.807) is 12.1 Å². The number of hydrogen-bond acceptors (Lipinski definition) is 4. The van der Waals surface area contributed by atoms with Crippen LogP contribution < -0.4 is 10.5 Å². The number of benzene rings is 1. The van der Waals surface area contributed by atoms with Crippen molar-refractivity contribution in [3.8, 4) is 5.69 Å². The molecule has 3 rings (SSSR count). The average molecular weight is 430 g/mol. The fourth-order valence-corrected chi connectivity index (χ4v) is 3.56. The summed E-state index contributed by atoms with van der Waals surface area (Å²) in [5, 5.41) is 4.53. The van der Waals surface area contributed by atoms with Gasteiger partial charge in [0.25, 0.3) is 5.56 Å². The molecule has 9 heteroatoms. The summed E-state index contributed by atoms with van der Waals surface area (Å²) in [6.07, 6.45) is 1.32. The van der Waals surface area contributed by atoms with E-state index >= 15 is 0 Å². The Morgan fingerprint density at radius 2 is 1.74 bits per heavy atom. The lowest BCUT2D eigenvalue weighted by molar-refractivity contribution is -0.134. The zero-order valence-corrected chi connectivity index (χ0v) is 17.2. The van der Waals surface area contributed by atoms with Crippen molar-refractivity contribution >= 4 is 46.4 Å². The van der Waals surface area contributed by atoms with Crippen molar-refractivity contribution in [1.82, 2.24) is 14.7 Å². The Bertz CT molecular complexity index is 921. The Labute approximate surface area is 172 Å². The minimum atomic E-state index is -0.506. The van der Waals surface area contributed by atoms with Crippen molar-refractivity contribution in [1.29, 1.82) is 0 Å². The highest BCUT2D eigenvalue weighted by atomic mass is 35.5. The van der Waals surface area contributed by atoms with E-state index in [0.717, 1.165) is 10.4 Å². The molecule has 0 aliphatic carbocycles. The third-order valence-electron chi connectivity index (χ3n) is 4.48. The smallest absolute Gasteiger partial charge is 0.291 e. The first-order valence-corrected chi connectivity index (χ1v) is 9.70. The van der Waals surface area contributed by atoms with E-state index in [1.165, 1.54) is 6.20 Å². The van der Waals surface area contributed by atoms with Crippen LogP contribution in [0.25, 0.3) is 5.69 Å². The molecule has 1 aromatic heterocycles. The molecule has 2 heterocycles. The van der Waals surface area contributed by atoms with Gasteiger partial charge >= 0.3 is 0 Å². The fourth-order valence-electron chi connectivity index (χ4n) is 3.01. The van der Waals surface area contributed by atoms with Crippen molar-refractivity contribution in [2.75, 3.05) is 31.1 Å². The van der Waals surface area contributed by atoms with Crippen LogP contribution in [0.2, 0.25) is 15.1 Å². The van der Waals surface area contributed by atoms with Gasteiger partial charge in [0.1, 0.15) is 5.02 Å². The van der Waals surface area contributed by atoms with E-state index in [4.69, 9.17) is 34.8 Å². The van der Waals surface area contributed by atoms with Gasteiger partial charge in [0, 0.05) is 32.1 Å². The van der Waals surface area contributed by atoms with Crippen LogP contribution in [0.3, 0.4) is 0 Å². The van der Waals surface area contributed by atoms with E-state index in [9.17, 15) is 9.59 Å². The first-order valence-electron chi connectivity index (χ1n) is 8.56. The molecule has 0 unspecified atom stereocenters. The maximum absolute atomic E-state index is 12.2. The second kappa shape index (κ2) is 8.09. The Morgan fingerprint density at radius 1 is 1.07 bits per heavy atom. The zero-order valence-electron chi connectivity index (χ0n) is 15.0. The molecular formula is C18H19Cl3N4O2. The second-order valence-electron chi connectivity index (χ2n) is 6.63. The molecule has 1 aliphatic rings. The van der Waals surface area contributed by atoms with Crippen LogP contribution in [0, 0.1) is 5.92 Å². The van der Waals surface area contributed by atoms with Crippen molar-refractivity contribution in [3.63, 3.8) is 0 Å². The summed E-state index contributed by atoms with van der Waals surface area (Å²) in [4.78, 5) is 28.4. The minimum Gasteiger partial charge on any atom is -0.367 e. The van der Waals surface area contributed by atoms with Crippen LogP contribution in [-0.4, -0.2) is 46.8 Å². The number of carbonyl (C=O) groups excluding carboxylic acids is 1. The van der Waals surface area contributed by atoms with Gasteiger partial charge < -0.3 is 9.80 Å². The molecule has 1 amide bonds. The number of nitrogens with zero attached hydrogens (tertiary/aromatic N) is 4. The molecule has 0 atom stereocenters. The van der Waals surface area contributed by atoms with Gasteiger partial charge in [0.05, 0.1) is 27.6 Å². The van der Waals surface area contributed by atoms with E-state index < -0.39 is 5.56 Å². The van der Waals surface area contributed by atoms with Crippen LogP contribution >= 0.6 is 34.8 Å². The fraction of sp³-hybridized carbons (Fsp3) is 0.389. The molecule has 1 aliphatic heterocycles. The van der Waals surface area contributed by atoms with Crippen LogP contribution in [0.1, 0.15) is 13.8 Å². The molecule has 1 fully saturated rings. The SMILES string of the molecule is CC(C)C(=O)N1CCN(c2ccc(-n3ncc(Cl)c(Cl)c3=O)cc2Cl)CC1. The highest BCUT2D eigenvalue weighted by Crippen LogP contribution is 2.29. The minimum absolute atomic E-state index is 0.00330. The Kier molecular flexibility index (Phi) is 5.99. The Hall–Kier alpha value is -1.76. The molecule has 1 aromatic carbocycles. The van der Waals surface area contributed by atoms with Gasteiger partial charge in [-0.3, -0.25) is 9.59 Å². The van der Waals surface area contributed by atoms with Crippen molar-refractivity contribution in [2.24, 2.45) is 5.92 Å². The van der Waals surface area contributed by atoms with Gasteiger partial charge in [-0.1, -0.05) is 48.7 Å². The first-order chi connectivity index (χ1) is 12.8. The molecule has 6 nitrogen and oxygen atoms in total. The summed E-state index contributed by atoms with van der Waals surface area (Å²) in [5.74, 6) is 0.164. The average Bonchev–Trinajstić information content (AvgIpc) is 2.66. The Morgan fingerprint density at radius 3 is 2.33 bits per heavy atom. The monoisotopic (exact) mass is 428 g/mol. The molecule has 2 aromatic rings. The number of halogens is 3. The number of aromatic nitrogens is 2. The van der Waals surface area contributed by atoms with Crippen LogP contribution in [0.5, 0.6) is 0 Å². The van der Waals surface area contributed by atoms with Gasteiger partial charge in [0.15, 0.2) is 0 Å². The van der Waals surface area contributed by atoms with Crippen molar-refractivity contribution in [2.45, 2.75) is 13.8 Å². The van der Waals surface area contributed by atoms with E-state index in [1.807, 2.05) is 24.8 Å². The molecule has 144 valence electrons. The predicted molar refractivity (Wildman–Crippen MR) is 108 cm³/mol. The summed E-state index contributed by atoms with van der Waals surface area (Å²) >= 11 is 18.2. The predicted octanol–water partition coefficient (Wildman–Crippen LogP) is 3.50.